The first-order valence-corrected chi connectivity index (χ1v) is 11.2. The van der Waals surface area contributed by atoms with E-state index in [0.29, 0.717) is 12.2 Å². The highest BCUT2D eigenvalue weighted by Gasteiger charge is 2.52. The third-order valence-corrected chi connectivity index (χ3v) is 10.4. The summed E-state index contributed by atoms with van der Waals surface area (Å²) in [5, 5.41) is 1.61. The molecule has 1 saturated heterocycles. The van der Waals surface area contributed by atoms with Crippen molar-refractivity contribution in [2.24, 2.45) is 0 Å². The molecule has 0 aliphatic carbocycles. The molecule has 0 N–H and O–H groups in total. The van der Waals surface area contributed by atoms with Gasteiger partial charge in [0, 0.05) is 18.3 Å². The quantitative estimate of drug-likeness (QED) is 0.727. The van der Waals surface area contributed by atoms with Gasteiger partial charge in [0.05, 0.1) is 8.07 Å². The maximum Gasteiger partial charge on any atom is 0.134 e. The van der Waals surface area contributed by atoms with Crippen molar-refractivity contribution in [1.29, 1.82) is 0 Å². The number of hydrogen-bond donors (Lipinski definition) is 0. The smallest absolute Gasteiger partial charge is 0.134 e. The van der Waals surface area contributed by atoms with E-state index in [1.807, 2.05) is 0 Å². The summed E-state index contributed by atoms with van der Waals surface area (Å²) in [6.07, 6.45) is 2.54. The zero-order valence-electron chi connectivity index (χ0n) is 13.1. The summed E-state index contributed by atoms with van der Waals surface area (Å²) in [6.45, 7) is 2.53. The highest BCUT2D eigenvalue weighted by Crippen LogP contribution is 2.50. The summed E-state index contributed by atoms with van der Waals surface area (Å²) in [5.74, 6) is 0.441. The van der Waals surface area contributed by atoms with Gasteiger partial charge in [-0.25, -0.2) is 0 Å². The molecule has 2 bridgehead atoms. The molecule has 2 atom stereocenters. The van der Waals surface area contributed by atoms with Crippen LogP contribution in [0.3, 0.4) is 0 Å². The number of rotatable bonds is 1. The highest BCUT2D eigenvalue weighted by atomic mass is 28.3. The van der Waals surface area contributed by atoms with Crippen LogP contribution in [0, 0.1) is 0 Å². The molecule has 22 heavy (non-hydrogen) atoms. The highest BCUT2D eigenvalue weighted by molar-refractivity contribution is 6.92. The van der Waals surface area contributed by atoms with Crippen LogP contribution < -0.4 is 5.19 Å². The van der Waals surface area contributed by atoms with Gasteiger partial charge in [-0.1, -0.05) is 72.4 Å². The maximum atomic E-state index is 12.5. The van der Waals surface area contributed by atoms with Crippen LogP contribution in [0.1, 0.15) is 30.4 Å². The van der Waals surface area contributed by atoms with Crippen molar-refractivity contribution in [2.75, 3.05) is 0 Å². The monoisotopic (exact) mass is 306 g/mol. The van der Waals surface area contributed by atoms with E-state index in [1.54, 1.807) is 5.19 Å². The molecule has 112 valence electrons. The lowest BCUT2D eigenvalue weighted by atomic mass is 9.72. The Morgan fingerprint density at radius 2 is 1.73 bits per heavy atom. The van der Waals surface area contributed by atoms with Crippen LogP contribution in [0.25, 0.3) is 0 Å². The first kappa shape index (κ1) is 14.0. The SMILES string of the molecule is C[Si]12CCCC(=O)C[C@](c3ccccc3)(C1)c1ccccc12. The van der Waals surface area contributed by atoms with Crippen molar-refractivity contribution >= 4 is 19.0 Å². The Bertz CT molecular complexity index is 723. The summed E-state index contributed by atoms with van der Waals surface area (Å²) in [4.78, 5) is 12.5. The zero-order valence-corrected chi connectivity index (χ0v) is 14.1. The van der Waals surface area contributed by atoms with E-state index in [4.69, 9.17) is 0 Å². The van der Waals surface area contributed by atoms with Gasteiger partial charge < -0.3 is 0 Å². The molecule has 0 saturated carbocycles. The molecule has 2 aliphatic heterocycles. The Labute approximate surface area is 133 Å². The molecule has 0 amide bonds. The Balaban J connectivity index is 1.99. The van der Waals surface area contributed by atoms with Crippen molar-refractivity contribution in [1.82, 2.24) is 0 Å². The molecular weight excluding hydrogens is 284 g/mol. The van der Waals surface area contributed by atoms with Crippen molar-refractivity contribution in [2.45, 2.75) is 43.3 Å². The molecule has 2 heteroatoms. The van der Waals surface area contributed by atoms with Crippen LogP contribution in [0.4, 0.5) is 0 Å². The molecular formula is C20H22OSi. The van der Waals surface area contributed by atoms with E-state index in [9.17, 15) is 4.79 Å². The van der Waals surface area contributed by atoms with Crippen LogP contribution in [0.2, 0.25) is 18.6 Å². The van der Waals surface area contributed by atoms with Crippen LogP contribution in [0.15, 0.2) is 54.6 Å². The third-order valence-electron chi connectivity index (χ3n) is 5.79. The molecule has 4 rings (SSSR count). The number of carbonyl (C=O) groups is 1. The largest absolute Gasteiger partial charge is 0.300 e. The predicted octanol–water partition coefficient (Wildman–Crippen LogP) is 4.02. The molecule has 2 heterocycles. The number of ketones is 1. The predicted molar refractivity (Wildman–Crippen MR) is 93.4 cm³/mol. The summed E-state index contributed by atoms with van der Waals surface area (Å²) in [7, 11) is -1.48. The van der Waals surface area contributed by atoms with Crippen molar-refractivity contribution < 1.29 is 4.79 Å². The fourth-order valence-corrected chi connectivity index (χ4v) is 9.80. The van der Waals surface area contributed by atoms with Gasteiger partial charge in [0.15, 0.2) is 0 Å². The molecule has 1 nitrogen and oxygen atoms in total. The summed E-state index contributed by atoms with van der Waals surface area (Å²) in [5.41, 5.74) is 2.73. The number of hydrogen-bond acceptors (Lipinski definition) is 1. The standard InChI is InChI=1S/C20H22OSi/c1-22-13-7-10-17(21)14-20(15-22,16-8-3-2-4-9-16)18-11-5-6-12-19(18)22/h2-6,8-9,11-12H,7,10,13-15H2,1H3/t20-,22?/m1/s1. The third kappa shape index (κ3) is 1.93. The van der Waals surface area contributed by atoms with Gasteiger partial charge in [0.2, 0.25) is 0 Å². The second kappa shape index (κ2) is 4.92. The minimum atomic E-state index is -1.48. The lowest BCUT2D eigenvalue weighted by Crippen LogP contribution is -2.42. The normalized spacial score (nSPS) is 30.5. The minimum Gasteiger partial charge on any atom is -0.300 e. The average Bonchev–Trinajstić information content (AvgIpc) is 2.79. The van der Waals surface area contributed by atoms with Gasteiger partial charge in [0.1, 0.15) is 5.78 Å². The van der Waals surface area contributed by atoms with E-state index in [-0.39, 0.29) is 5.41 Å². The zero-order chi connectivity index (χ0) is 15.2. The second-order valence-corrected chi connectivity index (χ2v) is 11.8. The van der Waals surface area contributed by atoms with Gasteiger partial charge >= 0.3 is 0 Å². The van der Waals surface area contributed by atoms with Crippen LogP contribution in [-0.2, 0) is 10.2 Å². The van der Waals surface area contributed by atoms with E-state index < -0.39 is 8.07 Å². The van der Waals surface area contributed by atoms with E-state index in [0.717, 1.165) is 12.8 Å². The Morgan fingerprint density at radius 3 is 2.55 bits per heavy atom. The first-order valence-electron chi connectivity index (χ1n) is 8.31. The van der Waals surface area contributed by atoms with E-state index >= 15 is 0 Å². The molecule has 1 fully saturated rings. The van der Waals surface area contributed by atoms with Crippen molar-refractivity contribution in [3.05, 3.63) is 65.7 Å². The Hall–Kier alpha value is -1.67. The molecule has 2 aliphatic rings. The topological polar surface area (TPSA) is 17.1 Å². The average molecular weight is 306 g/mol. The minimum absolute atomic E-state index is 0.0592. The first-order chi connectivity index (χ1) is 10.6. The molecule has 0 spiro atoms. The summed E-state index contributed by atoms with van der Waals surface area (Å²) >= 11 is 0. The van der Waals surface area contributed by atoms with Crippen LogP contribution in [-0.4, -0.2) is 13.9 Å². The van der Waals surface area contributed by atoms with Crippen LogP contribution in [0.5, 0.6) is 0 Å². The fourth-order valence-electron chi connectivity index (χ4n) is 4.88. The van der Waals surface area contributed by atoms with E-state index in [2.05, 4.69) is 61.1 Å². The van der Waals surface area contributed by atoms with Gasteiger partial charge in [-0.15, -0.1) is 0 Å². The van der Waals surface area contributed by atoms with E-state index in [1.165, 1.54) is 23.2 Å². The molecule has 1 unspecified atom stereocenters. The Kier molecular flexibility index (Phi) is 3.12. The molecule has 0 radical (unpaired) electrons. The van der Waals surface area contributed by atoms with Crippen molar-refractivity contribution in [3.8, 4) is 0 Å². The van der Waals surface area contributed by atoms with Gasteiger partial charge in [-0.2, -0.15) is 0 Å². The molecule has 2 aromatic carbocycles. The lowest BCUT2D eigenvalue weighted by molar-refractivity contribution is -0.120. The maximum absolute atomic E-state index is 12.5. The molecule has 2 aromatic rings. The van der Waals surface area contributed by atoms with Crippen LogP contribution >= 0.6 is 0 Å². The number of Topliss-reactive ketones (excluding diaryl/α,β-unsaturated/α-hetero) is 1. The van der Waals surface area contributed by atoms with Crippen molar-refractivity contribution in [3.63, 3.8) is 0 Å². The number of benzene rings is 2. The second-order valence-electron chi connectivity index (χ2n) is 7.30. The summed E-state index contributed by atoms with van der Waals surface area (Å²) in [6, 6.07) is 22.2. The Morgan fingerprint density at radius 1 is 1.00 bits per heavy atom. The lowest BCUT2D eigenvalue weighted by Gasteiger charge is -2.34. The number of fused-ring (bicyclic) bond motifs is 5. The fraction of sp³-hybridized carbons (Fsp3) is 0.350. The van der Waals surface area contributed by atoms with Gasteiger partial charge in [-0.3, -0.25) is 4.79 Å². The molecule has 0 aromatic heterocycles. The van der Waals surface area contributed by atoms with Gasteiger partial charge in [0.25, 0.3) is 0 Å². The number of carbonyl (C=O) groups excluding carboxylic acids is 1. The summed E-state index contributed by atoms with van der Waals surface area (Å²) < 4.78 is 0. The van der Waals surface area contributed by atoms with Gasteiger partial charge in [-0.05, 0) is 23.6 Å².